The van der Waals surface area contributed by atoms with Crippen LogP contribution in [0.5, 0.6) is 0 Å². The van der Waals surface area contributed by atoms with Gasteiger partial charge in [0.1, 0.15) is 5.56 Å². The standard InChI is InChI=1S/C21H24N4O4/c1-12-6-4-5-7-15(12)18-16-11-24(8-14(16)9-25(18)13(2)26)20(28)17-10-23(3)21(29)22-19(17)27/h4-7,10,14,16,18H,8-9,11H2,1-3H3,(H,22,27,29)/t14-,16-,18+/m1/s1. The first-order chi connectivity index (χ1) is 13.8. The third kappa shape index (κ3) is 3.18. The smallest absolute Gasteiger partial charge is 0.328 e. The van der Waals surface area contributed by atoms with Gasteiger partial charge in [-0.3, -0.25) is 19.4 Å². The molecule has 0 unspecified atom stereocenters. The van der Waals surface area contributed by atoms with Gasteiger partial charge in [-0.1, -0.05) is 24.3 Å². The Labute approximate surface area is 167 Å². The first kappa shape index (κ1) is 19.2. The first-order valence-corrected chi connectivity index (χ1v) is 9.70. The lowest BCUT2D eigenvalue weighted by Gasteiger charge is -2.30. The molecule has 0 bridgehead atoms. The van der Waals surface area contributed by atoms with E-state index in [2.05, 4.69) is 4.98 Å². The number of likely N-dealkylation sites (tertiary alicyclic amines) is 2. The van der Waals surface area contributed by atoms with E-state index < -0.39 is 11.2 Å². The van der Waals surface area contributed by atoms with E-state index >= 15 is 0 Å². The van der Waals surface area contributed by atoms with Crippen molar-refractivity contribution in [2.24, 2.45) is 18.9 Å². The Morgan fingerprint density at radius 2 is 1.83 bits per heavy atom. The number of fused-ring (bicyclic) bond motifs is 1. The molecule has 2 aromatic rings. The van der Waals surface area contributed by atoms with Crippen molar-refractivity contribution < 1.29 is 9.59 Å². The molecule has 2 fully saturated rings. The maximum Gasteiger partial charge on any atom is 0.328 e. The van der Waals surface area contributed by atoms with Crippen LogP contribution in [0.25, 0.3) is 0 Å². The number of nitrogens with zero attached hydrogens (tertiary/aromatic N) is 3. The number of aromatic amines is 1. The lowest BCUT2D eigenvalue weighted by atomic mass is 9.87. The van der Waals surface area contributed by atoms with E-state index in [0.29, 0.717) is 19.6 Å². The molecular weight excluding hydrogens is 372 g/mol. The van der Waals surface area contributed by atoms with Crippen LogP contribution in [0.4, 0.5) is 0 Å². The van der Waals surface area contributed by atoms with Gasteiger partial charge in [-0.25, -0.2) is 4.79 Å². The summed E-state index contributed by atoms with van der Waals surface area (Å²) in [7, 11) is 1.49. The predicted octanol–water partition coefficient (Wildman–Crippen LogP) is 0.674. The van der Waals surface area contributed by atoms with Gasteiger partial charge in [-0.05, 0) is 18.1 Å². The monoisotopic (exact) mass is 396 g/mol. The summed E-state index contributed by atoms with van der Waals surface area (Å²) in [5.74, 6) is -0.0937. The van der Waals surface area contributed by atoms with Crippen LogP contribution in [0, 0.1) is 18.8 Å². The molecule has 8 heteroatoms. The maximum atomic E-state index is 13.0. The van der Waals surface area contributed by atoms with Crippen molar-refractivity contribution in [1.29, 1.82) is 0 Å². The molecule has 0 spiro atoms. The molecule has 0 aliphatic carbocycles. The number of rotatable bonds is 2. The molecule has 2 amide bonds. The summed E-state index contributed by atoms with van der Waals surface area (Å²) in [5.41, 5.74) is 0.952. The highest BCUT2D eigenvalue weighted by atomic mass is 16.2. The van der Waals surface area contributed by atoms with E-state index in [1.807, 2.05) is 36.1 Å². The normalized spacial score (nSPS) is 23.3. The molecule has 152 valence electrons. The topological polar surface area (TPSA) is 95.5 Å². The lowest BCUT2D eigenvalue weighted by molar-refractivity contribution is -0.130. The molecule has 2 aliphatic heterocycles. The van der Waals surface area contributed by atoms with Crippen LogP contribution in [-0.2, 0) is 11.8 Å². The van der Waals surface area contributed by atoms with Crippen molar-refractivity contribution in [2.45, 2.75) is 19.9 Å². The molecule has 4 rings (SSSR count). The van der Waals surface area contributed by atoms with Crippen LogP contribution < -0.4 is 11.2 Å². The highest BCUT2D eigenvalue weighted by Gasteiger charge is 2.49. The summed E-state index contributed by atoms with van der Waals surface area (Å²) in [6, 6.07) is 7.92. The highest BCUT2D eigenvalue weighted by molar-refractivity contribution is 5.93. The van der Waals surface area contributed by atoms with Crippen molar-refractivity contribution in [2.75, 3.05) is 19.6 Å². The number of carbonyl (C=O) groups excluding carboxylic acids is 2. The first-order valence-electron chi connectivity index (χ1n) is 9.70. The number of nitrogens with one attached hydrogen (secondary N) is 1. The number of H-pyrrole nitrogens is 1. The molecule has 2 saturated heterocycles. The van der Waals surface area contributed by atoms with Crippen LogP contribution >= 0.6 is 0 Å². The van der Waals surface area contributed by atoms with Gasteiger partial charge in [0.25, 0.3) is 11.5 Å². The van der Waals surface area contributed by atoms with Crippen molar-refractivity contribution in [3.8, 4) is 0 Å². The fourth-order valence-corrected chi connectivity index (χ4v) is 4.74. The number of hydrogen-bond acceptors (Lipinski definition) is 4. The van der Waals surface area contributed by atoms with Crippen LogP contribution in [-0.4, -0.2) is 50.8 Å². The van der Waals surface area contributed by atoms with E-state index in [1.165, 1.54) is 17.8 Å². The minimum atomic E-state index is -0.670. The molecule has 2 aliphatic rings. The van der Waals surface area contributed by atoms with E-state index in [9.17, 15) is 19.2 Å². The number of aryl methyl sites for hydroxylation is 2. The van der Waals surface area contributed by atoms with Gasteiger partial charge in [0.2, 0.25) is 5.91 Å². The van der Waals surface area contributed by atoms with Crippen molar-refractivity contribution in [1.82, 2.24) is 19.4 Å². The van der Waals surface area contributed by atoms with E-state index in [4.69, 9.17) is 0 Å². The van der Waals surface area contributed by atoms with Crippen LogP contribution in [0.2, 0.25) is 0 Å². The SMILES string of the molecule is CC(=O)N1C[C@H]2CN(C(=O)c3cn(C)c(=O)[nH]c3=O)C[C@H]2[C@@H]1c1ccccc1C. The molecule has 1 N–H and O–H groups in total. The Balaban J connectivity index is 1.65. The average Bonchev–Trinajstić information content (AvgIpc) is 3.23. The van der Waals surface area contributed by atoms with Gasteiger partial charge in [-0.15, -0.1) is 0 Å². The average molecular weight is 396 g/mol. The van der Waals surface area contributed by atoms with Gasteiger partial charge < -0.3 is 14.4 Å². The van der Waals surface area contributed by atoms with Gasteiger partial charge in [0, 0.05) is 51.6 Å². The molecule has 1 aromatic heterocycles. The zero-order valence-electron chi connectivity index (χ0n) is 16.7. The van der Waals surface area contributed by atoms with Crippen molar-refractivity contribution in [3.05, 3.63) is 68.0 Å². The molecule has 8 nitrogen and oxygen atoms in total. The van der Waals surface area contributed by atoms with Gasteiger partial charge in [-0.2, -0.15) is 0 Å². The van der Waals surface area contributed by atoms with Crippen LogP contribution in [0.1, 0.15) is 34.5 Å². The van der Waals surface area contributed by atoms with Gasteiger partial charge in [0.05, 0.1) is 6.04 Å². The fraction of sp³-hybridized carbons (Fsp3) is 0.429. The van der Waals surface area contributed by atoms with Gasteiger partial charge >= 0.3 is 5.69 Å². The summed E-state index contributed by atoms with van der Waals surface area (Å²) in [6.45, 7) is 5.15. The fourth-order valence-electron chi connectivity index (χ4n) is 4.74. The third-order valence-corrected chi connectivity index (χ3v) is 6.20. The number of hydrogen-bond donors (Lipinski definition) is 1. The molecule has 0 radical (unpaired) electrons. The second-order valence-corrected chi connectivity index (χ2v) is 8.02. The minimum Gasteiger partial charge on any atom is -0.338 e. The zero-order valence-corrected chi connectivity index (χ0v) is 16.7. The van der Waals surface area contributed by atoms with Crippen molar-refractivity contribution in [3.63, 3.8) is 0 Å². The minimum absolute atomic E-state index is 0.0278. The van der Waals surface area contributed by atoms with Crippen molar-refractivity contribution >= 4 is 11.8 Å². The number of aromatic nitrogens is 2. The highest BCUT2D eigenvalue weighted by Crippen LogP contribution is 2.45. The summed E-state index contributed by atoms with van der Waals surface area (Å²) in [4.78, 5) is 54.8. The largest absolute Gasteiger partial charge is 0.338 e. The lowest BCUT2D eigenvalue weighted by Crippen LogP contribution is -2.40. The second kappa shape index (κ2) is 7.02. The molecule has 0 saturated carbocycles. The quantitative estimate of drug-likeness (QED) is 0.807. The second-order valence-electron chi connectivity index (χ2n) is 8.02. The zero-order chi connectivity index (χ0) is 20.9. The van der Waals surface area contributed by atoms with E-state index in [-0.39, 0.29) is 35.3 Å². The molecule has 3 heterocycles. The third-order valence-electron chi connectivity index (χ3n) is 6.20. The number of carbonyl (C=O) groups is 2. The summed E-state index contributed by atoms with van der Waals surface area (Å²) in [5, 5.41) is 0. The Morgan fingerprint density at radius 3 is 2.52 bits per heavy atom. The van der Waals surface area contributed by atoms with Crippen LogP contribution in [0.3, 0.4) is 0 Å². The Hall–Kier alpha value is -3.16. The molecule has 3 atom stereocenters. The Kier molecular flexibility index (Phi) is 4.64. The number of amides is 2. The Morgan fingerprint density at radius 1 is 1.10 bits per heavy atom. The van der Waals surface area contributed by atoms with Crippen LogP contribution in [0.15, 0.2) is 40.1 Å². The van der Waals surface area contributed by atoms with E-state index in [1.54, 1.807) is 11.8 Å². The summed E-state index contributed by atoms with van der Waals surface area (Å²) in [6.07, 6.45) is 1.29. The summed E-state index contributed by atoms with van der Waals surface area (Å²) >= 11 is 0. The maximum absolute atomic E-state index is 13.0. The predicted molar refractivity (Wildman–Crippen MR) is 106 cm³/mol. The Bertz CT molecular complexity index is 1100. The molecular formula is C21H24N4O4. The molecule has 1 aromatic carbocycles. The molecule has 29 heavy (non-hydrogen) atoms. The van der Waals surface area contributed by atoms with E-state index in [0.717, 1.165) is 11.1 Å². The number of benzene rings is 1. The van der Waals surface area contributed by atoms with Gasteiger partial charge in [0.15, 0.2) is 0 Å². The summed E-state index contributed by atoms with van der Waals surface area (Å²) < 4.78 is 1.19.